The van der Waals surface area contributed by atoms with Gasteiger partial charge in [-0.25, -0.2) is 4.39 Å². The number of benzene rings is 2. The first-order valence-corrected chi connectivity index (χ1v) is 5.85. The van der Waals surface area contributed by atoms with Crippen molar-refractivity contribution in [2.45, 2.75) is 20.4 Å². The van der Waals surface area contributed by atoms with E-state index >= 15 is 0 Å². The zero-order valence-electron chi connectivity index (χ0n) is 10.5. The van der Waals surface area contributed by atoms with E-state index in [2.05, 4.69) is 0 Å². The average molecular weight is 245 g/mol. The van der Waals surface area contributed by atoms with Crippen LogP contribution in [0.25, 0.3) is 0 Å². The number of hydrogen-bond donors (Lipinski definition) is 1. The molecule has 2 N–H and O–H groups in total. The van der Waals surface area contributed by atoms with Crippen LogP contribution in [0, 0.1) is 19.7 Å². The van der Waals surface area contributed by atoms with Gasteiger partial charge in [-0.05, 0) is 31.0 Å². The van der Waals surface area contributed by atoms with Gasteiger partial charge in [0.1, 0.15) is 5.75 Å². The van der Waals surface area contributed by atoms with E-state index in [4.69, 9.17) is 10.5 Å². The Labute approximate surface area is 106 Å². The topological polar surface area (TPSA) is 35.2 Å². The number of para-hydroxylation sites is 1. The van der Waals surface area contributed by atoms with Gasteiger partial charge in [-0.2, -0.15) is 0 Å². The molecule has 0 heterocycles. The highest BCUT2D eigenvalue weighted by Gasteiger charge is 2.11. The lowest BCUT2D eigenvalue weighted by Crippen LogP contribution is -2.01. The first kappa shape index (κ1) is 12.6. The van der Waals surface area contributed by atoms with Crippen LogP contribution in [0.15, 0.2) is 36.4 Å². The third kappa shape index (κ3) is 2.36. The molecule has 0 atom stereocenters. The molecule has 3 heteroatoms. The number of halogens is 1. The molecule has 0 amide bonds. The third-order valence-corrected chi connectivity index (χ3v) is 2.88. The van der Waals surface area contributed by atoms with Crippen LogP contribution in [0.1, 0.15) is 16.7 Å². The Hall–Kier alpha value is -1.87. The molecular weight excluding hydrogens is 229 g/mol. The Kier molecular flexibility index (Phi) is 3.63. The maximum atomic E-state index is 13.9. The van der Waals surface area contributed by atoms with Gasteiger partial charge < -0.3 is 10.5 Å². The summed E-state index contributed by atoms with van der Waals surface area (Å²) in [6.07, 6.45) is 0. The first-order valence-electron chi connectivity index (χ1n) is 5.85. The summed E-state index contributed by atoms with van der Waals surface area (Å²) in [7, 11) is 0. The predicted molar refractivity (Wildman–Crippen MR) is 70.3 cm³/mol. The largest absolute Gasteiger partial charge is 0.454 e. The molecule has 0 aliphatic heterocycles. The van der Waals surface area contributed by atoms with E-state index in [1.165, 1.54) is 0 Å². The van der Waals surface area contributed by atoms with Crippen molar-refractivity contribution in [1.82, 2.24) is 0 Å². The second kappa shape index (κ2) is 5.19. The van der Waals surface area contributed by atoms with Crippen LogP contribution in [0.4, 0.5) is 4.39 Å². The number of nitrogens with two attached hydrogens (primary N) is 1. The molecule has 0 aliphatic carbocycles. The van der Waals surface area contributed by atoms with Crippen LogP contribution in [0.3, 0.4) is 0 Å². The fraction of sp³-hybridized carbons (Fsp3) is 0.200. The molecule has 94 valence electrons. The Bertz CT molecular complexity index is 566. The number of hydrogen-bond acceptors (Lipinski definition) is 2. The van der Waals surface area contributed by atoms with Crippen LogP contribution in [0.5, 0.6) is 11.5 Å². The standard InChI is InChI=1S/C15H16FNO/c1-10-5-4-8-13(14(10)16)18-15-11(2)6-3-7-12(15)9-17/h3-8H,9,17H2,1-2H3. The smallest absolute Gasteiger partial charge is 0.168 e. The molecule has 0 saturated heterocycles. The summed E-state index contributed by atoms with van der Waals surface area (Å²) in [5, 5.41) is 0. The van der Waals surface area contributed by atoms with Crippen LogP contribution in [0.2, 0.25) is 0 Å². The first-order chi connectivity index (χ1) is 8.63. The molecule has 2 aromatic rings. The van der Waals surface area contributed by atoms with Gasteiger partial charge in [-0.3, -0.25) is 0 Å². The van der Waals surface area contributed by atoms with Crippen molar-refractivity contribution in [3.05, 3.63) is 58.9 Å². The van der Waals surface area contributed by atoms with Gasteiger partial charge in [-0.1, -0.05) is 30.3 Å². The van der Waals surface area contributed by atoms with E-state index in [-0.39, 0.29) is 11.6 Å². The average Bonchev–Trinajstić information content (AvgIpc) is 2.37. The second-order valence-electron chi connectivity index (χ2n) is 4.26. The van der Waals surface area contributed by atoms with Crippen LogP contribution in [-0.4, -0.2) is 0 Å². The zero-order chi connectivity index (χ0) is 13.1. The van der Waals surface area contributed by atoms with E-state index in [1.54, 1.807) is 25.1 Å². The van der Waals surface area contributed by atoms with Gasteiger partial charge in [0.15, 0.2) is 11.6 Å². The fourth-order valence-electron chi connectivity index (χ4n) is 1.83. The Morgan fingerprint density at radius 3 is 2.44 bits per heavy atom. The van der Waals surface area contributed by atoms with Gasteiger partial charge >= 0.3 is 0 Å². The monoisotopic (exact) mass is 245 g/mol. The molecule has 18 heavy (non-hydrogen) atoms. The van der Waals surface area contributed by atoms with E-state index in [9.17, 15) is 4.39 Å². The molecule has 0 spiro atoms. The van der Waals surface area contributed by atoms with Gasteiger partial charge in [0, 0.05) is 12.1 Å². The van der Waals surface area contributed by atoms with E-state index < -0.39 is 0 Å². The maximum absolute atomic E-state index is 13.9. The summed E-state index contributed by atoms with van der Waals surface area (Å²) in [4.78, 5) is 0. The second-order valence-corrected chi connectivity index (χ2v) is 4.26. The van der Waals surface area contributed by atoms with Gasteiger partial charge in [0.25, 0.3) is 0 Å². The van der Waals surface area contributed by atoms with Crippen LogP contribution < -0.4 is 10.5 Å². The van der Waals surface area contributed by atoms with Gasteiger partial charge in [0.05, 0.1) is 0 Å². The molecule has 0 bridgehead atoms. The Balaban J connectivity index is 2.43. The molecule has 0 aromatic heterocycles. The van der Waals surface area contributed by atoms with Crippen LogP contribution >= 0.6 is 0 Å². The Morgan fingerprint density at radius 1 is 1.06 bits per heavy atom. The normalized spacial score (nSPS) is 10.4. The predicted octanol–water partition coefficient (Wildman–Crippen LogP) is 3.69. The SMILES string of the molecule is Cc1cccc(Oc2c(C)cccc2CN)c1F. The molecule has 0 radical (unpaired) electrons. The lowest BCUT2D eigenvalue weighted by atomic mass is 10.1. The van der Waals surface area contributed by atoms with Gasteiger partial charge in [-0.15, -0.1) is 0 Å². The maximum Gasteiger partial charge on any atom is 0.168 e. The molecule has 2 nitrogen and oxygen atoms in total. The molecule has 0 aliphatic rings. The number of ether oxygens (including phenoxy) is 1. The molecule has 0 unspecified atom stereocenters. The highest BCUT2D eigenvalue weighted by atomic mass is 19.1. The van der Waals surface area contributed by atoms with Crippen LogP contribution in [-0.2, 0) is 6.54 Å². The zero-order valence-corrected chi connectivity index (χ0v) is 10.5. The minimum absolute atomic E-state index is 0.235. The van der Waals surface area contributed by atoms with Crippen molar-refractivity contribution in [2.75, 3.05) is 0 Å². The highest BCUT2D eigenvalue weighted by molar-refractivity contribution is 5.44. The molecular formula is C15H16FNO. The quantitative estimate of drug-likeness (QED) is 0.895. The number of aryl methyl sites for hydroxylation is 2. The van der Waals surface area contributed by atoms with Crippen molar-refractivity contribution in [2.24, 2.45) is 5.73 Å². The minimum atomic E-state index is -0.330. The summed E-state index contributed by atoms with van der Waals surface area (Å²) in [6, 6.07) is 10.8. The van der Waals surface area contributed by atoms with Crippen molar-refractivity contribution in [3.8, 4) is 11.5 Å². The van der Waals surface area contributed by atoms with Crippen molar-refractivity contribution < 1.29 is 9.13 Å². The molecule has 0 saturated carbocycles. The van der Waals surface area contributed by atoms with Crippen molar-refractivity contribution in [3.63, 3.8) is 0 Å². The number of rotatable bonds is 3. The summed E-state index contributed by atoms with van der Waals surface area (Å²) in [6.45, 7) is 4.00. The molecule has 2 rings (SSSR count). The summed E-state index contributed by atoms with van der Waals surface area (Å²) in [5.74, 6) is 0.548. The summed E-state index contributed by atoms with van der Waals surface area (Å²) in [5.41, 5.74) is 8.05. The van der Waals surface area contributed by atoms with Crippen molar-refractivity contribution >= 4 is 0 Å². The fourth-order valence-corrected chi connectivity index (χ4v) is 1.83. The van der Waals surface area contributed by atoms with E-state index in [1.807, 2.05) is 25.1 Å². The van der Waals surface area contributed by atoms with Gasteiger partial charge in [0.2, 0.25) is 0 Å². The van der Waals surface area contributed by atoms with Crippen molar-refractivity contribution in [1.29, 1.82) is 0 Å². The van der Waals surface area contributed by atoms with E-state index in [0.717, 1.165) is 11.1 Å². The molecule has 2 aromatic carbocycles. The summed E-state index contributed by atoms with van der Waals surface area (Å²) < 4.78 is 19.6. The minimum Gasteiger partial charge on any atom is -0.454 e. The van der Waals surface area contributed by atoms with E-state index in [0.29, 0.717) is 17.9 Å². The summed E-state index contributed by atoms with van der Waals surface area (Å²) >= 11 is 0. The molecule has 0 fully saturated rings. The lowest BCUT2D eigenvalue weighted by Gasteiger charge is -2.13. The lowest BCUT2D eigenvalue weighted by molar-refractivity contribution is 0.433. The highest BCUT2D eigenvalue weighted by Crippen LogP contribution is 2.31. The third-order valence-electron chi connectivity index (χ3n) is 2.88. The Morgan fingerprint density at radius 2 is 1.72 bits per heavy atom.